The first-order chi connectivity index (χ1) is 18.3. The average Bonchev–Trinajstić information content (AvgIpc) is 3.38. The minimum atomic E-state index is -0.629. The molecule has 2 heterocycles. The van der Waals surface area contributed by atoms with E-state index in [0.29, 0.717) is 17.5 Å². The summed E-state index contributed by atoms with van der Waals surface area (Å²) in [6.45, 7) is 3.51. The first-order valence-electron chi connectivity index (χ1n) is 13.0. The molecule has 1 unspecified atom stereocenters. The van der Waals surface area contributed by atoms with Crippen LogP contribution < -0.4 is 4.90 Å². The standard InChI is InChI=1S/C30H32ClFN4O2/c1-19-4-8-25(32)27(28(19)31)30(38)35(3)26-9-7-20-5-6-21(18-24(20)26)29(37)34(2)22-12-16-36(17-13-22)23-10-14-33-15-11-23/h4-6,8,10-11,14-15,18,22,26H,7,9,12-13,16-17H2,1-3H3. The molecule has 2 amide bonds. The van der Waals surface area contributed by atoms with E-state index < -0.39 is 11.7 Å². The van der Waals surface area contributed by atoms with Gasteiger partial charge in [0.2, 0.25) is 0 Å². The molecule has 6 nitrogen and oxygen atoms in total. The zero-order valence-corrected chi connectivity index (χ0v) is 22.7. The van der Waals surface area contributed by atoms with E-state index in [-0.39, 0.29) is 28.6 Å². The third kappa shape index (κ3) is 4.87. The van der Waals surface area contributed by atoms with E-state index in [4.69, 9.17) is 11.6 Å². The predicted octanol–water partition coefficient (Wildman–Crippen LogP) is 5.68. The van der Waals surface area contributed by atoms with Crippen molar-refractivity contribution >= 4 is 29.1 Å². The summed E-state index contributed by atoms with van der Waals surface area (Å²) in [6.07, 6.45) is 6.88. The van der Waals surface area contributed by atoms with Crippen LogP contribution in [0.25, 0.3) is 0 Å². The zero-order valence-electron chi connectivity index (χ0n) is 22.0. The third-order valence-corrected chi connectivity index (χ3v) is 8.57. The van der Waals surface area contributed by atoms with Crippen LogP contribution in [0.5, 0.6) is 0 Å². The fraction of sp³-hybridized carbons (Fsp3) is 0.367. The van der Waals surface area contributed by atoms with Crippen molar-refractivity contribution in [3.63, 3.8) is 0 Å². The van der Waals surface area contributed by atoms with Gasteiger partial charge in [-0.2, -0.15) is 0 Å². The molecule has 38 heavy (non-hydrogen) atoms. The first-order valence-corrected chi connectivity index (χ1v) is 13.4. The minimum Gasteiger partial charge on any atom is -0.371 e. The molecule has 1 aliphatic carbocycles. The maximum Gasteiger partial charge on any atom is 0.258 e. The number of halogens is 2. The number of aryl methyl sites for hydroxylation is 2. The number of benzene rings is 2. The van der Waals surface area contributed by atoms with Crippen molar-refractivity contribution in [3.05, 3.63) is 93.5 Å². The highest BCUT2D eigenvalue weighted by Gasteiger charge is 2.33. The Morgan fingerprint density at radius 2 is 1.68 bits per heavy atom. The highest BCUT2D eigenvalue weighted by atomic mass is 35.5. The Balaban J connectivity index is 1.30. The summed E-state index contributed by atoms with van der Waals surface area (Å²) < 4.78 is 14.6. The van der Waals surface area contributed by atoms with E-state index in [2.05, 4.69) is 9.88 Å². The fourth-order valence-electron chi connectivity index (χ4n) is 5.72. The molecule has 8 heteroatoms. The lowest BCUT2D eigenvalue weighted by molar-refractivity contribution is 0.0709. The molecule has 0 N–H and O–H groups in total. The van der Waals surface area contributed by atoms with Gasteiger partial charge in [0.1, 0.15) is 5.82 Å². The second-order valence-electron chi connectivity index (χ2n) is 10.3. The summed E-state index contributed by atoms with van der Waals surface area (Å²) in [5.74, 6) is -1.11. The van der Waals surface area contributed by atoms with Crippen LogP contribution in [-0.2, 0) is 6.42 Å². The lowest BCUT2D eigenvalue weighted by Crippen LogP contribution is -2.45. The van der Waals surface area contributed by atoms with Gasteiger partial charge in [0.05, 0.1) is 16.6 Å². The van der Waals surface area contributed by atoms with Crippen LogP contribution >= 0.6 is 11.6 Å². The number of amides is 2. The van der Waals surface area contributed by atoms with E-state index in [1.54, 1.807) is 37.3 Å². The van der Waals surface area contributed by atoms with Gasteiger partial charge in [-0.1, -0.05) is 23.7 Å². The molecular formula is C30H32ClFN4O2. The molecule has 0 bridgehead atoms. The molecule has 5 rings (SSSR count). The number of fused-ring (bicyclic) bond motifs is 1. The van der Waals surface area contributed by atoms with Gasteiger partial charge in [0.15, 0.2) is 0 Å². The van der Waals surface area contributed by atoms with Gasteiger partial charge in [-0.15, -0.1) is 0 Å². The number of nitrogens with zero attached hydrogens (tertiary/aromatic N) is 4. The smallest absolute Gasteiger partial charge is 0.258 e. The van der Waals surface area contributed by atoms with E-state index in [0.717, 1.165) is 49.2 Å². The Hall–Kier alpha value is -3.45. The summed E-state index contributed by atoms with van der Waals surface area (Å²) >= 11 is 6.32. The Kier molecular flexibility index (Phi) is 7.39. The maximum atomic E-state index is 14.6. The van der Waals surface area contributed by atoms with Gasteiger partial charge in [-0.3, -0.25) is 14.6 Å². The SMILES string of the molecule is Cc1ccc(F)c(C(=O)N(C)C2CCc3ccc(C(=O)N(C)C4CCN(c5ccncc5)CC4)cc32)c1Cl. The molecule has 2 aliphatic rings. The van der Waals surface area contributed by atoms with Crippen molar-refractivity contribution in [2.75, 3.05) is 32.1 Å². The number of carbonyl (C=O) groups excluding carboxylic acids is 2. The second kappa shape index (κ2) is 10.7. The molecular weight excluding hydrogens is 503 g/mol. The van der Waals surface area contributed by atoms with Crippen LogP contribution in [0.4, 0.5) is 10.1 Å². The van der Waals surface area contributed by atoms with Gasteiger partial charge >= 0.3 is 0 Å². The largest absolute Gasteiger partial charge is 0.371 e. The zero-order chi connectivity index (χ0) is 27.0. The first kappa shape index (κ1) is 26.2. The number of hydrogen-bond acceptors (Lipinski definition) is 4. The number of anilines is 1. The molecule has 1 atom stereocenters. The van der Waals surface area contributed by atoms with Crippen LogP contribution in [-0.4, -0.2) is 59.8 Å². The molecule has 0 saturated carbocycles. The predicted molar refractivity (Wildman–Crippen MR) is 147 cm³/mol. The van der Waals surface area contributed by atoms with Gasteiger partial charge in [-0.05, 0) is 79.6 Å². The van der Waals surface area contributed by atoms with Crippen molar-refractivity contribution in [1.29, 1.82) is 0 Å². The number of aromatic nitrogens is 1. The Morgan fingerprint density at radius 3 is 2.39 bits per heavy atom. The summed E-state index contributed by atoms with van der Waals surface area (Å²) in [7, 11) is 3.55. The van der Waals surface area contributed by atoms with E-state index in [1.807, 2.05) is 42.3 Å². The Bertz CT molecular complexity index is 1360. The van der Waals surface area contributed by atoms with Crippen LogP contribution in [0, 0.1) is 12.7 Å². The van der Waals surface area contributed by atoms with Gasteiger partial charge < -0.3 is 14.7 Å². The number of pyridine rings is 1. The van der Waals surface area contributed by atoms with Gasteiger partial charge in [0.25, 0.3) is 11.8 Å². The summed E-state index contributed by atoms with van der Waals surface area (Å²) in [5, 5.41) is 0.139. The van der Waals surface area contributed by atoms with E-state index in [9.17, 15) is 14.0 Å². The molecule has 1 saturated heterocycles. The van der Waals surface area contributed by atoms with Crippen LogP contribution in [0.15, 0.2) is 54.9 Å². The van der Waals surface area contributed by atoms with Crippen LogP contribution in [0.1, 0.15) is 62.7 Å². The number of carbonyl (C=O) groups is 2. The van der Waals surface area contributed by atoms with Gasteiger partial charge in [-0.25, -0.2) is 4.39 Å². The quantitative estimate of drug-likeness (QED) is 0.422. The minimum absolute atomic E-state index is 0.0254. The lowest BCUT2D eigenvalue weighted by Gasteiger charge is -2.38. The van der Waals surface area contributed by atoms with Crippen LogP contribution in [0.2, 0.25) is 5.02 Å². The number of rotatable bonds is 5. The fourth-order valence-corrected chi connectivity index (χ4v) is 5.96. The second-order valence-corrected chi connectivity index (χ2v) is 10.7. The molecule has 1 fully saturated rings. The third-order valence-electron chi connectivity index (χ3n) is 8.09. The van der Waals surface area contributed by atoms with Gasteiger partial charge in [0, 0.05) is 56.9 Å². The Labute approximate surface area is 228 Å². The summed E-state index contributed by atoms with van der Waals surface area (Å²) in [4.78, 5) is 36.7. The molecule has 0 radical (unpaired) electrons. The van der Waals surface area contributed by atoms with E-state index >= 15 is 0 Å². The van der Waals surface area contributed by atoms with Crippen molar-refractivity contribution < 1.29 is 14.0 Å². The molecule has 3 aromatic rings. The number of piperidine rings is 1. The van der Waals surface area contributed by atoms with Crippen molar-refractivity contribution in [2.45, 2.75) is 44.7 Å². The summed E-state index contributed by atoms with van der Waals surface area (Å²) in [6, 6.07) is 12.5. The van der Waals surface area contributed by atoms with Crippen molar-refractivity contribution in [1.82, 2.24) is 14.8 Å². The normalized spacial score (nSPS) is 17.3. The monoisotopic (exact) mass is 534 g/mol. The average molecular weight is 535 g/mol. The topological polar surface area (TPSA) is 56.8 Å². The number of hydrogen-bond donors (Lipinski definition) is 0. The van der Waals surface area contributed by atoms with Crippen molar-refractivity contribution in [2.24, 2.45) is 0 Å². The molecule has 1 aromatic heterocycles. The van der Waals surface area contributed by atoms with Crippen LogP contribution in [0.3, 0.4) is 0 Å². The highest BCUT2D eigenvalue weighted by Crippen LogP contribution is 2.38. The maximum absolute atomic E-state index is 14.6. The molecule has 0 spiro atoms. The highest BCUT2D eigenvalue weighted by molar-refractivity contribution is 6.34. The molecule has 198 valence electrons. The molecule has 1 aliphatic heterocycles. The summed E-state index contributed by atoms with van der Waals surface area (Å²) in [5.41, 5.74) is 4.36. The van der Waals surface area contributed by atoms with Crippen molar-refractivity contribution in [3.8, 4) is 0 Å². The lowest BCUT2D eigenvalue weighted by atomic mass is 9.99. The van der Waals surface area contributed by atoms with E-state index in [1.165, 1.54) is 6.07 Å². The molecule has 2 aromatic carbocycles. The Morgan fingerprint density at radius 1 is 0.974 bits per heavy atom.